The van der Waals surface area contributed by atoms with Crippen molar-refractivity contribution in [2.75, 3.05) is 13.1 Å². The number of hydrogen-bond donors (Lipinski definition) is 0. The molecule has 1 aliphatic rings. The Bertz CT molecular complexity index is 350. The zero-order chi connectivity index (χ0) is 9.97. The van der Waals surface area contributed by atoms with Crippen molar-refractivity contribution < 1.29 is 0 Å². The fraction of sp³-hybridized carbons (Fsp3) is 0.667. The van der Waals surface area contributed by atoms with Gasteiger partial charge in [-0.25, -0.2) is 0 Å². The zero-order valence-corrected chi connectivity index (χ0v) is 8.22. The van der Waals surface area contributed by atoms with Gasteiger partial charge >= 0.3 is 0 Å². The molecule has 0 N–H and O–H groups in total. The van der Waals surface area contributed by atoms with E-state index in [1.165, 1.54) is 0 Å². The summed E-state index contributed by atoms with van der Waals surface area (Å²) in [6, 6.07) is 2.47. The number of aromatic nitrogens is 3. The van der Waals surface area contributed by atoms with E-state index < -0.39 is 0 Å². The molecule has 0 amide bonds. The van der Waals surface area contributed by atoms with Gasteiger partial charge in [0.2, 0.25) is 0 Å². The standard InChI is InChI=1S/C9H13N5/c1-13-7-11-12-9(13)8-3-2-5-14(8)6-4-10/h7-8H,2-3,5-6H2,1H3. The van der Waals surface area contributed by atoms with Crippen LogP contribution in [-0.2, 0) is 7.05 Å². The van der Waals surface area contributed by atoms with Crippen molar-refractivity contribution in [3.8, 4) is 6.07 Å². The number of likely N-dealkylation sites (tertiary alicyclic amines) is 1. The molecule has 1 atom stereocenters. The summed E-state index contributed by atoms with van der Waals surface area (Å²) in [4.78, 5) is 2.16. The molecule has 1 aliphatic heterocycles. The third kappa shape index (κ3) is 1.49. The Labute approximate surface area is 83.0 Å². The highest BCUT2D eigenvalue weighted by Crippen LogP contribution is 2.29. The lowest BCUT2D eigenvalue weighted by molar-refractivity contribution is 0.274. The summed E-state index contributed by atoms with van der Waals surface area (Å²) in [6.07, 6.45) is 3.92. The molecule has 5 heteroatoms. The normalized spacial score (nSPS) is 22.4. The Balaban J connectivity index is 2.18. The van der Waals surface area contributed by atoms with Gasteiger partial charge in [0, 0.05) is 7.05 Å². The van der Waals surface area contributed by atoms with Crippen molar-refractivity contribution >= 4 is 0 Å². The van der Waals surface area contributed by atoms with Crippen molar-refractivity contribution in [3.05, 3.63) is 12.2 Å². The highest BCUT2D eigenvalue weighted by molar-refractivity contribution is 5.00. The largest absolute Gasteiger partial charge is 0.319 e. The van der Waals surface area contributed by atoms with Crippen molar-refractivity contribution in [1.82, 2.24) is 19.7 Å². The number of nitrogens with zero attached hydrogens (tertiary/aromatic N) is 5. The summed E-state index contributed by atoms with van der Waals surface area (Å²) >= 11 is 0. The highest BCUT2D eigenvalue weighted by atomic mass is 15.3. The molecule has 1 fully saturated rings. The fourth-order valence-corrected chi connectivity index (χ4v) is 1.99. The van der Waals surface area contributed by atoms with Gasteiger partial charge in [0.1, 0.15) is 12.2 Å². The van der Waals surface area contributed by atoms with Gasteiger partial charge < -0.3 is 4.57 Å². The molecule has 0 saturated carbocycles. The van der Waals surface area contributed by atoms with Crippen LogP contribution in [0.4, 0.5) is 0 Å². The van der Waals surface area contributed by atoms with E-state index in [-0.39, 0.29) is 6.04 Å². The van der Waals surface area contributed by atoms with E-state index in [1.54, 1.807) is 6.33 Å². The summed E-state index contributed by atoms with van der Waals surface area (Å²) in [6.45, 7) is 1.47. The average Bonchev–Trinajstić information content (AvgIpc) is 2.74. The van der Waals surface area contributed by atoms with Gasteiger partial charge in [-0.05, 0) is 19.4 Å². The molecule has 0 aliphatic carbocycles. The monoisotopic (exact) mass is 191 g/mol. The molecule has 2 rings (SSSR count). The summed E-state index contributed by atoms with van der Waals surface area (Å²) in [5.41, 5.74) is 0. The van der Waals surface area contributed by atoms with Crippen LogP contribution < -0.4 is 0 Å². The first-order valence-electron chi connectivity index (χ1n) is 4.78. The smallest absolute Gasteiger partial charge is 0.149 e. The van der Waals surface area contributed by atoms with E-state index in [0.717, 1.165) is 25.2 Å². The molecule has 1 aromatic rings. The van der Waals surface area contributed by atoms with Crippen LogP contribution in [0.15, 0.2) is 6.33 Å². The third-order valence-electron chi connectivity index (χ3n) is 2.68. The van der Waals surface area contributed by atoms with Crippen molar-refractivity contribution in [2.45, 2.75) is 18.9 Å². The molecule has 0 radical (unpaired) electrons. The van der Waals surface area contributed by atoms with Crippen LogP contribution in [0, 0.1) is 11.3 Å². The molecule has 0 spiro atoms. The first-order valence-corrected chi connectivity index (χ1v) is 4.78. The lowest BCUT2D eigenvalue weighted by Gasteiger charge is -2.19. The van der Waals surface area contributed by atoms with Crippen LogP contribution in [0.25, 0.3) is 0 Å². The Kier molecular flexibility index (Phi) is 2.46. The minimum absolute atomic E-state index is 0.280. The predicted molar refractivity (Wildman–Crippen MR) is 50.2 cm³/mol. The molecule has 5 nitrogen and oxygen atoms in total. The molecular formula is C9H13N5. The first kappa shape index (κ1) is 9.16. The topological polar surface area (TPSA) is 57.7 Å². The van der Waals surface area contributed by atoms with Crippen LogP contribution in [0.3, 0.4) is 0 Å². The molecule has 74 valence electrons. The molecular weight excluding hydrogens is 178 g/mol. The quantitative estimate of drug-likeness (QED) is 0.638. The fourth-order valence-electron chi connectivity index (χ4n) is 1.99. The number of nitriles is 1. The Morgan fingerprint density at radius 3 is 3.21 bits per heavy atom. The Morgan fingerprint density at radius 1 is 1.71 bits per heavy atom. The maximum atomic E-state index is 8.68. The van der Waals surface area contributed by atoms with Gasteiger partial charge in [0.25, 0.3) is 0 Å². The van der Waals surface area contributed by atoms with Gasteiger partial charge in [-0.3, -0.25) is 4.90 Å². The second-order valence-corrected chi connectivity index (χ2v) is 3.59. The van der Waals surface area contributed by atoms with E-state index >= 15 is 0 Å². The summed E-state index contributed by atoms with van der Waals surface area (Å²) in [5, 5.41) is 16.6. The Morgan fingerprint density at radius 2 is 2.57 bits per heavy atom. The molecule has 2 heterocycles. The summed E-state index contributed by atoms with van der Waals surface area (Å²) in [7, 11) is 1.94. The SMILES string of the molecule is Cn1cnnc1C1CCCN1CC#N. The van der Waals surface area contributed by atoms with Gasteiger partial charge in [0.05, 0.1) is 18.7 Å². The van der Waals surface area contributed by atoms with Crippen molar-refractivity contribution in [3.63, 3.8) is 0 Å². The predicted octanol–water partition coefficient (Wildman–Crippen LogP) is 0.476. The minimum atomic E-state index is 0.280. The van der Waals surface area contributed by atoms with E-state index in [4.69, 9.17) is 5.26 Å². The average molecular weight is 191 g/mol. The van der Waals surface area contributed by atoms with Crippen molar-refractivity contribution in [1.29, 1.82) is 5.26 Å². The third-order valence-corrected chi connectivity index (χ3v) is 2.68. The molecule has 1 saturated heterocycles. The highest BCUT2D eigenvalue weighted by Gasteiger charge is 2.28. The molecule has 1 unspecified atom stereocenters. The van der Waals surface area contributed by atoms with Crippen LogP contribution >= 0.6 is 0 Å². The maximum Gasteiger partial charge on any atom is 0.149 e. The Hall–Kier alpha value is -1.41. The van der Waals surface area contributed by atoms with Crippen LogP contribution in [0.1, 0.15) is 24.7 Å². The lowest BCUT2D eigenvalue weighted by Crippen LogP contribution is -2.25. The van der Waals surface area contributed by atoms with Crippen LogP contribution in [0.2, 0.25) is 0 Å². The van der Waals surface area contributed by atoms with Gasteiger partial charge in [0.15, 0.2) is 0 Å². The second kappa shape index (κ2) is 3.76. The van der Waals surface area contributed by atoms with Crippen molar-refractivity contribution in [2.24, 2.45) is 7.05 Å². The second-order valence-electron chi connectivity index (χ2n) is 3.59. The minimum Gasteiger partial charge on any atom is -0.319 e. The van der Waals surface area contributed by atoms with E-state index in [1.807, 2.05) is 11.6 Å². The van der Waals surface area contributed by atoms with Gasteiger partial charge in [-0.15, -0.1) is 10.2 Å². The maximum absolute atomic E-state index is 8.68. The molecule has 0 aromatic carbocycles. The summed E-state index contributed by atoms with van der Waals surface area (Å²) < 4.78 is 1.93. The summed E-state index contributed by atoms with van der Waals surface area (Å²) in [5.74, 6) is 0.970. The van der Waals surface area contributed by atoms with Crippen LogP contribution in [-0.4, -0.2) is 32.8 Å². The van der Waals surface area contributed by atoms with E-state index in [0.29, 0.717) is 6.54 Å². The molecule has 0 bridgehead atoms. The van der Waals surface area contributed by atoms with E-state index in [2.05, 4.69) is 21.2 Å². The number of aryl methyl sites for hydroxylation is 1. The van der Waals surface area contributed by atoms with Crippen LogP contribution in [0.5, 0.6) is 0 Å². The lowest BCUT2D eigenvalue weighted by atomic mass is 10.2. The number of rotatable bonds is 2. The number of hydrogen-bond acceptors (Lipinski definition) is 4. The van der Waals surface area contributed by atoms with E-state index in [9.17, 15) is 0 Å². The zero-order valence-electron chi connectivity index (χ0n) is 8.22. The molecule has 1 aromatic heterocycles. The van der Waals surface area contributed by atoms with Gasteiger partial charge in [-0.2, -0.15) is 5.26 Å². The van der Waals surface area contributed by atoms with Gasteiger partial charge in [-0.1, -0.05) is 0 Å². The molecule has 14 heavy (non-hydrogen) atoms. The first-order chi connectivity index (χ1) is 6.83.